The van der Waals surface area contributed by atoms with Crippen molar-refractivity contribution < 1.29 is 0 Å². The monoisotopic (exact) mass is 226 g/mol. The molecule has 0 bridgehead atoms. The van der Waals surface area contributed by atoms with Crippen molar-refractivity contribution in [2.24, 2.45) is 5.73 Å². The van der Waals surface area contributed by atoms with Gasteiger partial charge in [-0.3, -0.25) is 0 Å². The molecule has 1 unspecified atom stereocenters. The first-order valence-electron chi connectivity index (χ1n) is 7.06. The highest BCUT2D eigenvalue weighted by Gasteiger charge is 2.19. The molecule has 0 saturated carbocycles. The Bertz CT molecular complexity index is 184. The summed E-state index contributed by atoms with van der Waals surface area (Å²) in [5, 5.41) is 0. The molecule has 1 aliphatic rings. The van der Waals surface area contributed by atoms with E-state index < -0.39 is 0 Å². The van der Waals surface area contributed by atoms with Crippen molar-refractivity contribution in [1.29, 1.82) is 0 Å². The predicted octanol–water partition coefficient (Wildman–Crippen LogP) is 3.16. The van der Waals surface area contributed by atoms with E-state index in [9.17, 15) is 0 Å². The molecule has 1 fully saturated rings. The molecule has 0 amide bonds. The van der Waals surface area contributed by atoms with E-state index >= 15 is 0 Å². The average molecular weight is 226 g/mol. The minimum atomic E-state index is 0.00750. The van der Waals surface area contributed by atoms with Crippen LogP contribution in [0.2, 0.25) is 0 Å². The van der Waals surface area contributed by atoms with Crippen LogP contribution < -0.4 is 5.73 Å². The van der Waals surface area contributed by atoms with E-state index in [1.54, 1.807) is 0 Å². The molecule has 1 atom stereocenters. The summed E-state index contributed by atoms with van der Waals surface area (Å²) in [5.41, 5.74) is 6.04. The Morgan fingerprint density at radius 3 is 2.62 bits per heavy atom. The number of hydrogen-bond acceptors (Lipinski definition) is 2. The van der Waals surface area contributed by atoms with Gasteiger partial charge in [0.2, 0.25) is 0 Å². The molecule has 0 aromatic rings. The van der Waals surface area contributed by atoms with Gasteiger partial charge in [0.25, 0.3) is 0 Å². The second-order valence-electron chi connectivity index (χ2n) is 6.04. The van der Waals surface area contributed by atoms with Gasteiger partial charge in [0, 0.05) is 11.6 Å². The first kappa shape index (κ1) is 14.0. The molecule has 0 spiro atoms. The van der Waals surface area contributed by atoms with Gasteiger partial charge in [0.1, 0.15) is 0 Å². The highest BCUT2D eigenvalue weighted by atomic mass is 15.1. The SMILES string of the molecule is CCC1CCCCCN1CCCC(C)(C)N. The number of rotatable bonds is 5. The zero-order chi connectivity index (χ0) is 12.0. The molecule has 16 heavy (non-hydrogen) atoms. The minimum Gasteiger partial charge on any atom is -0.326 e. The van der Waals surface area contributed by atoms with Gasteiger partial charge in [-0.25, -0.2) is 0 Å². The Morgan fingerprint density at radius 1 is 1.25 bits per heavy atom. The van der Waals surface area contributed by atoms with Crippen molar-refractivity contribution in [3.8, 4) is 0 Å². The summed E-state index contributed by atoms with van der Waals surface area (Å²) in [5.74, 6) is 0. The van der Waals surface area contributed by atoms with Crippen LogP contribution in [0.5, 0.6) is 0 Å². The van der Waals surface area contributed by atoms with Crippen LogP contribution in [0.25, 0.3) is 0 Å². The fourth-order valence-electron chi connectivity index (χ4n) is 2.73. The number of hydrogen-bond donors (Lipinski definition) is 1. The standard InChI is InChI=1S/C14H30N2/c1-4-13-9-6-5-7-11-16(13)12-8-10-14(2,3)15/h13H,4-12,15H2,1-3H3. The van der Waals surface area contributed by atoms with Crippen LogP contribution in [0.3, 0.4) is 0 Å². The molecule has 2 nitrogen and oxygen atoms in total. The number of nitrogens with zero attached hydrogens (tertiary/aromatic N) is 1. The minimum absolute atomic E-state index is 0.00750. The van der Waals surface area contributed by atoms with Gasteiger partial charge in [-0.1, -0.05) is 19.8 Å². The molecule has 0 aromatic heterocycles. The van der Waals surface area contributed by atoms with Crippen LogP contribution >= 0.6 is 0 Å². The molecule has 0 aromatic carbocycles. The lowest BCUT2D eigenvalue weighted by molar-refractivity contribution is 0.187. The normalized spacial score (nSPS) is 24.4. The van der Waals surface area contributed by atoms with Crippen molar-refractivity contribution >= 4 is 0 Å². The summed E-state index contributed by atoms with van der Waals surface area (Å²) < 4.78 is 0. The maximum atomic E-state index is 6.03. The molecule has 0 aliphatic carbocycles. The predicted molar refractivity (Wildman–Crippen MR) is 71.6 cm³/mol. The van der Waals surface area contributed by atoms with E-state index in [2.05, 4.69) is 25.7 Å². The molecule has 1 heterocycles. The summed E-state index contributed by atoms with van der Waals surface area (Å²) in [6, 6.07) is 0.836. The van der Waals surface area contributed by atoms with E-state index in [0.717, 1.165) is 12.5 Å². The van der Waals surface area contributed by atoms with Crippen LogP contribution in [0, 0.1) is 0 Å². The Labute approximate surface area is 102 Å². The second-order valence-corrected chi connectivity index (χ2v) is 6.04. The Morgan fingerprint density at radius 2 is 2.00 bits per heavy atom. The molecule has 0 radical (unpaired) electrons. The lowest BCUT2D eigenvalue weighted by Crippen LogP contribution is -2.37. The quantitative estimate of drug-likeness (QED) is 0.780. The molecule has 1 rings (SSSR count). The topological polar surface area (TPSA) is 29.3 Å². The molecule has 96 valence electrons. The summed E-state index contributed by atoms with van der Waals surface area (Å²) in [6.07, 6.45) is 9.35. The van der Waals surface area contributed by atoms with Gasteiger partial charge in [-0.15, -0.1) is 0 Å². The zero-order valence-electron chi connectivity index (χ0n) is 11.5. The lowest BCUT2D eigenvalue weighted by atomic mass is 9.99. The molecule has 1 aliphatic heterocycles. The van der Waals surface area contributed by atoms with Crippen molar-refractivity contribution in [3.63, 3.8) is 0 Å². The smallest absolute Gasteiger partial charge is 0.00975 e. The first-order chi connectivity index (χ1) is 7.53. The maximum Gasteiger partial charge on any atom is 0.00975 e. The Hall–Kier alpha value is -0.0800. The fourth-order valence-corrected chi connectivity index (χ4v) is 2.73. The number of likely N-dealkylation sites (tertiary alicyclic amines) is 1. The van der Waals surface area contributed by atoms with Crippen molar-refractivity contribution in [1.82, 2.24) is 4.90 Å². The van der Waals surface area contributed by atoms with Crippen LogP contribution in [0.1, 0.15) is 65.7 Å². The third-order valence-electron chi connectivity index (χ3n) is 3.74. The summed E-state index contributed by atoms with van der Waals surface area (Å²) in [4.78, 5) is 2.71. The third-order valence-corrected chi connectivity index (χ3v) is 3.74. The highest BCUT2D eigenvalue weighted by molar-refractivity contribution is 4.77. The summed E-state index contributed by atoms with van der Waals surface area (Å²) in [6.45, 7) is 9.15. The maximum absolute atomic E-state index is 6.03. The van der Waals surface area contributed by atoms with Crippen LogP contribution in [-0.4, -0.2) is 29.6 Å². The van der Waals surface area contributed by atoms with Gasteiger partial charge < -0.3 is 10.6 Å². The van der Waals surface area contributed by atoms with Crippen LogP contribution in [0.4, 0.5) is 0 Å². The van der Waals surface area contributed by atoms with E-state index in [1.165, 1.54) is 51.6 Å². The molecule has 2 N–H and O–H groups in total. The molecule has 1 saturated heterocycles. The van der Waals surface area contributed by atoms with Gasteiger partial charge in [0.05, 0.1) is 0 Å². The average Bonchev–Trinajstić information content (AvgIpc) is 2.41. The first-order valence-corrected chi connectivity index (χ1v) is 7.06. The Balaban J connectivity index is 2.31. The van der Waals surface area contributed by atoms with E-state index in [4.69, 9.17) is 5.73 Å². The van der Waals surface area contributed by atoms with E-state index in [1.807, 2.05) is 0 Å². The number of nitrogens with two attached hydrogens (primary N) is 1. The van der Waals surface area contributed by atoms with Crippen LogP contribution in [-0.2, 0) is 0 Å². The molecule has 2 heteroatoms. The van der Waals surface area contributed by atoms with Crippen molar-refractivity contribution in [3.05, 3.63) is 0 Å². The summed E-state index contributed by atoms with van der Waals surface area (Å²) >= 11 is 0. The van der Waals surface area contributed by atoms with Crippen molar-refractivity contribution in [2.45, 2.75) is 77.3 Å². The second kappa shape index (κ2) is 6.61. The zero-order valence-corrected chi connectivity index (χ0v) is 11.5. The van der Waals surface area contributed by atoms with E-state index in [-0.39, 0.29) is 5.54 Å². The largest absolute Gasteiger partial charge is 0.326 e. The fraction of sp³-hybridized carbons (Fsp3) is 1.00. The van der Waals surface area contributed by atoms with Crippen LogP contribution in [0.15, 0.2) is 0 Å². The summed E-state index contributed by atoms with van der Waals surface area (Å²) in [7, 11) is 0. The molecular formula is C14H30N2. The third kappa shape index (κ3) is 5.31. The molecular weight excluding hydrogens is 196 g/mol. The van der Waals surface area contributed by atoms with Gasteiger partial charge >= 0.3 is 0 Å². The van der Waals surface area contributed by atoms with Gasteiger partial charge in [-0.05, 0) is 59.0 Å². The Kier molecular flexibility index (Phi) is 5.77. The van der Waals surface area contributed by atoms with Gasteiger partial charge in [-0.2, -0.15) is 0 Å². The van der Waals surface area contributed by atoms with Gasteiger partial charge in [0.15, 0.2) is 0 Å². The highest BCUT2D eigenvalue weighted by Crippen LogP contribution is 2.20. The van der Waals surface area contributed by atoms with Crippen molar-refractivity contribution in [2.75, 3.05) is 13.1 Å². The van der Waals surface area contributed by atoms with E-state index in [0.29, 0.717) is 0 Å². The lowest BCUT2D eigenvalue weighted by Gasteiger charge is -2.30.